The molecule has 0 spiro atoms. The highest BCUT2D eigenvalue weighted by Crippen LogP contribution is 2.21. The molecule has 1 N–H and O–H groups in total. The Morgan fingerprint density at radius 2 is 1.50 bits per heavy atom. The Labute approximate surface area is 87.5 Å². The third kappa shape index (κ3) is 3.15. The van der Waals surface area contributed by atoms with Crippen LogP contribution in [0.2, 0.25) is 0 Å². The van der Waals surface area contributed by atoms with Gasteiger partial charge in [-0.05, 0) is 11.5 Å². The minimum atomic E-state index is 0.469. The fourth-order valence-electron chi connectivity index (χ4n) is 1.69. The first-order chi connectivity index (χ1) is 6.61. The molecule has 0 aromatic heterocycles. The predicted octanol–water partition coefficient (Wildman–Crippen LogP) is 3.38. The zero-order valence-electron chi connectivity index (χ0n) is 9.62. The summed E-state index contributed by atoms with van der Waals surface area (Å²) >= 11 is 0. The zero-order valence-corrected chi connectivity index (χ0v) is 9.62. The molecule has 1 heteroatoms. The second kappa shape index (κ2) is 5.16. The molecule has 78 valence electrons. The average molecular weight is 191 g/mol. The lowest BCUT2D eigenvalue weighted by Gasteiger charge is -2.25. The van der Waals surface area contributed by atoms with Gasteiger partial charge in [-0.25, -0.2) is 0 Å². The third-order valence-electron chi connectivity index (χ3n) is 2.34. The van der Waals surface area contributed by atoms with Crippen molar-refractivity contribution in [3.8, 4) is 0 Å². The maximum Gasteiger partial charge on any atom is 0.0345 e. The molecule has 0 amide bonds. The van der Waals surface area contributed by atoms with Crippen LogP contribution in [0.25, 0.3) is 0 Å². The van der Waals surface area contributed by atoms with Crippen molar-refractivity contribution in [2.45, 2.75) is 39.8 Å². The van der Waals surface area contributed by atoms with E-state index in [2.05, 4.69) is 63.3 Å². The van der Waals surface area contributed by atoms with Gasteiger partial charge in [0.15, 0.2) is 0 Å². The first-order valence-electron chi connectivity index (χ1n) is 5.42. The fourth-order valence-corrected chi connectivity index (χ4v) is 1.69. The lowest BCUT2D eigenvalue weighted by atomic mass is 9.95. The van der Waals surface area contributed by atoms with Crippen molar-refractivity contribution in [2.75, 3.05) is 0 Å². The molecule has 1 rings (SSSR count). The van der Waals surface area contributed by atoms with Crippen LogP contribution in [0, 0.1) is 5.92 Å². The van der Waals surface area contributed by atoms with Crippen LogP contribution in [-0.4, -0.2) is 6.04 Å². The Hall–Kier alpha value is -0.820. The highest BCUT2D eigenvalue weighted by atomic mass is 14.9. The molecule has 1 nitrogen and oxygen atoms in total. The Balaban J connectivity index is 2.78. The highest BCUT2D eigenvalue weighted by Gasteiger charge is 2.15. The topological polar surface area (TPSA) is 12.0 Å². The summed E-state index contributed by atoms with van der Waals surface area (Å²) in [5.74, 6) is 0.625. The van der Waals surface area contributed by atoms with Gasteiger partial charge in [0, 0.05) is 12.1 Å². The van der Waals surface area contributed by atoms with Gasteiger partial charge in [0.1, 0.15) is 0 Å². The standard InChI is InChI=1S/C13H21N/c1-10(2)13(14-11(3)4)12-8-6-5-7-9-12/h5-11,13-14H,1-4H3/t13-/m0/s1. The van der Waals surface area contributed by atoms with Crippen LogP contribution in [0.3, 0.4) is 0 Å². The van der Waals surface area contributed by atoms with Crippen LogP contribution < -0.4 is 5.32 Å². The molecular formula is C13H21N. The molecular weight excluding hydrogens is 170 g/mol. The lowest BCUT2D eigenvalue weighted by molar-refractivity contribution is 0.381. The van der Waals surface area contributed by atoms with Gasteiger partial charge < -0.3 is 5.32 Å². The minimum Gasteiger partial charge on any atom is -0.307 e. The van der Waals surface area contributed by atoms with Gasteiger partial charge in [-0.15, -0.1) is 0 Å². The van der Waals surface area contributed by atoms with E-state index < -0.39 is 0 Å². The minimum absolute atomic E-state index is 0.469. The molecule has 1 atom stereocenters. The van der Waals surface area contributed by atoms with Crippen molar-refractivity contribution in [1.29, 1.82) is 0 Å². The van der Waals surface area contributed by atoms with Crippen molar-refractivity contribution in [1.82, 2.24) is 5.32 Å². The summed E-state index contributed by atoms with van der Waals surface area (Å²) in [7, 11) is 0. The van der Waals surface area contributed by atoms with E-state index in [0.29, 0.717) is 18.0 Å². The molecule has 0 fully saturated rings. The van der Waals surface area contributed by atoms with Gasteiger partial charge in [-0.2, -0.15) is 0 Å². The summed E-state index contributed by atoms with van der Waals surface area (Å²) in [5.41, 5.74) is 1.39. The Morgan fingerprint density at radius 1 is 0.929 bits per heavy atom. The maximum absolute atomic E-state index is 3.60. The first-order valence-corrected chi connectivity index (χ1v) is 5.42. The molecule has 0 radical (unpaired) electrons. The third-order valence-corrected chi connectivity index (χ3v) is 2.34. The van der Waals surface area contributed by atoms with Crippen LogP contribution >= 0.6 is 0 Å². The van der Waals surface area contributed by atoms with Crippen molar-refractivity contribution >= 4 is 0 Å². The molecule has 0 saturated heterocycles. The second-order valence-corrected chi connectivity index (χ2v) is 4.45. The molecule has 0 aliphatic carbocycles. The maximum atomic E-state index is 3.60. The number of benzene rings is 1. The molecule has 0 saturated carbocycles. The zero-order chi connectivity index (χ0) is 10.6. The molecule has 0 unspecified atom stereocenters. The largest absolute Gasteiger partial charge is 0.307 e. The van der Waals surface area contributed by atoms with Crippen LogP contribution in [-0.2, 0) is 0 Å². The number of hydrogen-bond donors (Lipinski definition) is 1. The van der Waals surface area contributed by atoms with E-state index in [1.165, 1.54) is 5.56 Å². The summed E-state index contributed by atoms with van der Waals surface area (Å²) in [6, 6.07) is 11.7. The van der Waals surface area contributed by atoms with E-state index in [1.807, 2.05) is 0 Å². The average Bonchev–Trinajstić information content (AvgIpc) is 2.15. The van der Waals surface area contributed by atoms with E-state index >= 15 is 0 Å². The van der Waals surface area contributed by atoms with Crippen molar-refractivity contribution in [3.05, 3.63) is 35.9 Å². The van der Waals surface area contributed by atoms with Crippen molar-refractivity contribution in [3.63, 3.8) is 0 Å². The number of hydrogen-bond acceptors (Lipinski definition) is 1. The van der Waals surface area contributed by atoms with Gasteiger partial charge in [0.25, 0.3) is 0 Å². The lowest BCUT2D eigenvalue weighted by Crippen LogP contribution is -2.31. The molecule has 1 aromatic carbocycles. The molecule has 0 aliphatic rings. The van der Waals surface area contributed by atoms with E-state index in [1.54, 1.807) is 0 Å². The van der Waals surface area contributed by atoms with Gasteiger partial charge >= 0.3 is 0 Å². The van der Waals surface area contributed by atoms with Crippen LogP contribution in [0.15, 0.2) is 30.3 Å². The van der Waals surface area contributed by atoms with E-state index in [0.717, 1.165) is 0 Å². The van der Waals surface area contributed by atoms with E-state index in [9.17, 15) is 0 Å². The van der Waals surface area contributed by atoms with Crippen molar-refractivity contribution in [2.24, 2.45) is 5.92 Å². The van der Waals surface area contributed by atoms with Gasteiger partial charge in [0.05, 0.1) is 0 Å². The first kappa shape index (κ1) is 11.3. The summed E-state index contributed by atoms with van der Waals surface area (Å²) in [4.78, 5) is 0. The second-order valence-electron chi connectivity index (χ2n) is 4.45. The van der Waals surface area contributed by atoms with Gasteiger partial charge in [-0.1, -0.05) is 58.0 Å². The normalized spacial score (nSPS) is 13.6. The van der Waals surface area contributed by atoms with Gasteiger partial charge in [0.2, 0.25) is 0 Å². The SMILES string of the molecule is CC(C)N[C@H](c1ccccc1)C(C)C. The molecule has 0 heterocycles. The van der Waals surface area contributed by atoms with Gasteiger partial charge in [-0.3, -0.25) is 0 Å². The summed E-state index contributed by atoms with van der Waals surface area (Å²) < 4.78 is 0. The predicted molar refractivity (Wildman–Crippen MR) is 62.3 cm³/mol. The Kier molecular flexibility index (Phi) is 4.15. The van der Waals surface area contributed by atoms with Crippen molar-refractivity contribution < 1.29 is 0 Å². The molecule has 14 heavy (non-hydrogen) atoms. The van der Waals surface area contributed by atoms with Crippen LogP contribution in [0.1, 0.15) is 39.3 Å². The summed E-state index contributed by atoms with van der Waals surface area (Å²) in [6.07, 6.45) is 0. The van der Waals surface area contributed by atoms with E-state index in [-0.39, 0.29) is 0 Å². The number of nitrogens with one attached hydrogen (secondary N) is 1. The summed E-state index contributed by atoms with van der Waals surface area (Å²) in [5, 5.41) is 3.60. The van der Waals surface area contributed by atoms with E-state index in [4.69, 9.17) is 0 Å². The molecule has 1 aromatic rings. The molecule has 0 aliphatic heterocycles. The highest BCUT2D eigenvalue weighted by molar-refractivity contribution is 5.19. The van der Waals surface area contributed by atoms with Crippen LogP contribution in [0.4, 0.5) is 0 Å². The monoisotopic (exact) mass is 191 g/mol. The summed E-state index contributed by atoms with van der Waals surface area (Å²) in [6.45, 7) is 8.90. The smallest absolute Gasteiger partial charge is 0.0345 e. The Morgan fingerprint density at radius 3 is 1.93 bits per heavy atom. The number of rotatable bonds is 4. The fraction of sp³-hybridized carbons (Fsp3) is 0.538. The van der Waals surface area contributed by atoms with Crippen LogP contribution in [0.5, 0.6) is 0 Å². The quantitative estimate of drug-likeness (QED) is 0.769. The molecule has 0 bridgehead atoms. The Bertz CT molecular complexity index is 251.